The third kappa shape index (κ3) is 3.18. The summed E-state index contributed by atoms with van der Waals surface area (Å²) in [4.78, 5) is 23.4. The number of carbonyl (C=O) groups is 1. The average molecular weight is 286 g/mol. The third-order valence-corrected chi connectivity index (χ3v) is 3.20. The molecule has 21 heavy (non-hydrogen) atoms. The zero-order valence-corrected chi connectivity index (χ0v) is 12.6. The van der Waals surface area contributed by atoms with Crippen molar-refractivity contribution in [2.45, 2.75) is 26.2 Å². The Morgan fingerprint density at radius 2 is 1.81 bits per heavy atom. The first kappa shape index (κ1) is 15.0. The second kappa shape index (κ2) is 5.52. The number of benzene rings is 1. The Kier molecular flexibility index (Phi) is 3.93. The SMILES string of the molecule is COC(=O)c1cnn(-c2ccc(C(C)(C)C)cc2)c(=O)c1. The molecule has 1 aromatic carbocycles. The van der Waals surface area contributed by atoms with Gasteiger partial charge in [-0.3, -0.25) is 4.79 Å². The second-order valence-electron chi connectivity index (χ2n) is 5.78. The number of nitrogens with zero attached hydrogens (tertiary/aromatic N) is 2. The van der Waals surface area contributed by atoms with Crippen LogP contribution in [0.1, 0.15) is 36.7 Å². The molecule has 5 nitrogen and oxygen atoms in total. The number of rotatable bonds is 2. The highest BCUT2D eigenvalue weighted by atomic mass is 16.5. The summed E-state index contributed by atoms with van der Waals surface area (Å²) in [6, 6.07) is 8.84. The maximum atomic E-state index is 12.0. The van der Waals surface area contributed by atoms with E-state index >= 15 is 0 Å². The summed E-state index contributed by atoms with van der Waals surface area (Å²) in [5, 5.41) is 4.01. The summed E-state index contributed by atoms with van der Waals surface area (Å²) < 4.78 is 5.81. The van der Waals surface area contributed by atoms with Crippen molar-refractivity contribution in [1.29, 1.82) is 0 Å². The van der Waals surface area contributed by atoms with Gasteiger partial charge in [0, 0.05) is 6.07 Å². The van der Waals surface area contributed by atoms with Crippen LogP contribution in [0.5, 0.6) is 0 Å². The van der Waals surface area contributed by atoms with Crippen molar-refractivity contribution in [3.63, 3.8) is 0 Å². The fourth-order valence-corrected chi connectivity index (χ4v) is 1.93. The highest BCUT2D eigenvalue weighted by Crippen LogP contribution is 2.22. The van der Waals surface area contributed by atoms with Gasteiger partial charge in [-0.15, -0.1) is 0 Å². The molecule has 0 unspecified atom stereocenters. The van der Waals surface area contributed by atoms with Crippen LogP contribution in [-0.4, -0.2) is 22.9 Å². The van der Waals surface area contributed by atoms with Crippen molar-refractivity contribution in [3.8, 4) is 5.69 Å². The molecule has 5 heteroatoms. The van der Waals surface area contributed by atoms with Crippen LogP contribution in [0.25, 0.3) is 5.69 Å². The summed E-state index contributed by atoms with van der Waals surface area (Å²) in [5.74, 6) is -0.574. The van der Waals surface area contributed by atoms with E-state index in [1.165, 1.54) is 29.6 Å². The summed E-state index contributed by atoms with van der Waals surface area (Å²) in [5.41, 5.74) is 1.65. The van der Waals surface area contributed by atoms with Gasteiger partial charge < -0.3 is 4.74 Å². The highest BCUT2D eigenvalue weighted by Gasteiger charge is 2.14. The molecule has 0 saturated carbocycles. The van der Waals surface area contributed by atoms with E-state index in [2.05, 4.69) is 30.6 Å². The number of carbonyl (C=O) groups excluding carboxylic acids is 1. The molecule has 0 aliphatic heterocycles. The first-order valence-electron chi connectivity index (χ1n) is 6.61. The van der Waals surface area contributed by atoms with Crippen LogP contribution in [0.15, 0.2) is 41.3 Å². The largest absolute Gasteiger partial charge is 0.465 e. The fraction of sp³-hybridized carbons (Fsp3) is 0.312. The Balaban J connectivity index is 2.39. The van der Waals surface area contributed by atoms with Crippen molar-refractivity contribution in [3.05, 3.63) is 58.0 Å². The molecule has 1 aromatic heterocycles. The predicted molar refractivity (Wildman–Crippen MR) is 79.9 cm³/mol. The van der Waals surface area contributed by atoms with E-state index in [4.69, 9.17) is 0 Å². The Bertz CT molecular complexity index is 710. The zero-order chi connectivity index (χ0) is 15.6. The van der Waals surface area contributed by atoms with Crippen LogP contribution in [0, 0.1) is 0 Å². The van der Waals surface area contributed by atoms with Gasteiger partial charge in [0.1, 0.15) is 0 Å². The average Bonchev–Trinajstić information content (AvgIpc) is 2.45. The second-order valence-corrected chi connectivity index (χ2v) is 5.78. The van der Waals surface area contributed by atoms with Gasteiger partial charge >= 0.3 is 5.97 Å². The minimum atomic E-state index is -0.574. The Morgan fingerprint density at radius 3 is 2.29 bits per heavy atom. The predicted octanol–water partition coefficient (Wildman–Crippen LogP) is 2.32. The summed E-state index contributed by atoms with van der Waals surface area (Å²) >= 11 is 0. The zero-order valence-electron chi connectivity index (χ0n) is 12.6. The van der Waals surface area contributed by atoms with Gasteiger partial charge in [-0.05, 0) is 23.1 Å². The minimum Gasteiger partial charge on any atom is -0.465 e. The molecule has 2 rings (SSSR count). The van der Waals surface area contributed by atoms with Gasteiger partial charge in [0.25, 0.3) is 5.56 Å². The van der Waals surface area contributed by atoms with Crippen LogP contribution < -0.4 is 5.56 Å². The normalized spacial score (nSPS) is 11.2. The molecular formula is C16H18N2O3. The topological polar surface area (TPSA) is 61.2 Å². The van der Waals surface area contributed by atoms with Crippen molar-refractivity contribution in [2.75, 3.05) is 7.11 Å². The molecule has 0 saturated heterocycles. The third-order valence-electron chi connectivity index (χ3n) is 3.20. The van der Waals surface area contributed by atoms with E-state index in [1.54, 1.807) is 0 Å². The van der Waals surface area contributed by atoms with Crippen molar-refractivity contribution < 1.29 is 9.53 Å². The summed E-state index contributed by atoms with van der Waals surface area (Å²) in [7, 11) is 1.26. The van der Waals surface area contributed by atoms with Gasteiger partial charge in [-0.25, -0.2) is 4.79 Å². The van der Waals surface area contributed by atoms with Gasteiger partial charge in [0.05, 0.1) is 24.6 Å². The van der Waals surface area contributed by atoms with Crippen molar-refractivity contribution in [2.24, 2.45) is 0 Å². The van der Waals surface area contributed by atoms with Crippen LogP contribution in [0.4, 0.5) is 0 Å². The maximum absolute atomic E-state index is 12.0. The quantitative estimate of drug-likeness (QED) is 0.795. The van der Waals surface area contributed by atoms with Crippen LogP contribution >= 0.6 is 0 Å². The molecule has 0 spiro atoms. The number of aromatic nitrogens is 2. The van der Waals surface area contributed by atoms with E-state index in [1.807, 2.05) is 24.3 Å². The molecule has 0 bridgehead atoms. The van der Waals surface area contributed by atoms with E-state index in [0.717, 1.165) is 0 Å². The van der Waals surface area contributed by atoms with Crippen LogP contribution in [0.2, 0.25) is 0 Å². The number of methoxy groups -OCH3 is 1. The first-order valence-corrected chi connectivity index (χ1v) is 6.61. The van der Waals surface area contributed by atoms with E-state index < -0.39 is 5.97 Å². The first-order chi connectivity index (χ1) is 9.82. The molecule has 0 fully saturated rings. The molecule has 0 aliphatic carbocycles. The monoisotopic (exact) mass is 286 g/mol. The molecule has 0 aliphatic rings. The molecule has 0 radical (unpaired) electrons. The molecular weight excluding hydrogens is 268 g/mol. The highest BCUT2D eigenvalue weighted by molar-refractivity contribution is 5.88. The molecule has 1 heterocycles. The van der Waals surface area contributed by atoms with Crippen LogP contribution in [0.3, 0.4) is 0 Å². The molecule has 0 N–H and O–H groups in total. The Morgan fingerprint density at radius 1 is 1.19 bits per heavy atom. The number of ether oxygens (including phenoxy) is 1. The lowest BCUT2D eigenvalue weighted by atomic mass is 9.87. The number of esters is 1. The standard InChI is InChI=1S/C16H18N2O3/c1-16(2,3)12-5-7-13(8-6-12)18-14(19)9-11(10-17-18)15(20)21-4/h5-10H,1-4H3. The van der Waals surface area contributed by atoms with Gasteiger partial charge in [-0.1, -0.05) is 32.9 Å². The smallest absolute Gasteiger partial charge is 0.339 e. The van der Waals surface area contributed by atoms with E-state index in [-0.39, 0.29) is 16.5 Å². The fourth-order valence-electron chi connectivity index (χ4n) is 1.93. The number of hydrogen-bond acceptors (Lipinski definition) is 4. The number of hydrogen-bond donors (Lipinski definition) is 0. The summed E-state index contributed by atoms with van der Waals surface area (Å²) in [6.45, 7) is 6.37. The lowest BCUT2D eigenvalue weighted by Gasteiger charge is -2.19. The molecule has 0 amide bonds. The van der Waals surface area contributed by atoms with Crippen molar-refractivity contribution >= 4 is 5.97 Å². The maximum Gasteiger partial charge on any atom is 0.339 e. The van der Waals surface area contributed by atoms with Gasteiger partial charge in [-0.2, -0.15) is 9.78 Å². The van der Waals surface area contributed by atoms with Crippen LogP contribution in [-0.2, 0) is 10.2 Å². The lowest BCUT2D eigenvalue weighted by Crippen LogP contribution is -2.22. The molecule has 0 atom stereocenters. The summed E-state index contributed by atoms with van der Waals surface area (Å²) in [6.07, 6.45) is 1.32. The van der Waals surface area contributed by atoms with E-state index in [9.17, 15) is 9.59 Å². The Labute approximate surface area is 123 Å². The minimum absolute atomic E-state index is 0.0473. The van der Waals surface area contributed by atoms with Gasteiger partial charge in [0.2, 0.25) is 0 Å². The molecule has 2 aromatic rings. The van der Waals surface area contributed by atoms with Gasteiger partial charge in [0.15, 0.2) is 0 Å². The van der Waals surface area contributed by atoms with Crippen molar-refractivity contribution in [1.82, 2.24) is 9.78 Å². The molecule has 110 valence electrons. The Hall–Kier alpha value is -2.43. The lowest BCUT2D eigenvalue weighted by molar-refractivity contribution is 0.0599. The van der Waals surface area contributed by atoms with E-state index in [0.29, 0.717) is 5.69 Å².